The minimum Gasteiger partial charge on any atom is -0.507 e. The van der Waals surface area contributed by atoms with Crippen LogP contribution in [0.2, 0.25) is 0 Å². The quantitative estimate of drug-likeness (QED) is 0.149. The Kier molecular flexibility index (Phi) is 6.67. The second-order valence-corrected chi connectivity index (χ2v) is 10.3. The molecule has 1 aromatic heterocycles. The zero-order valence-corrected chi connectivity index (χ0v) is 22.2. The summed E-state index contributed by atoms with van der Waals surface area (Å²) in [5.41, 5.74) is 3.46. The van der Waals surface area contributed by atoms with E-state index in [-0.39, 0.29) is 40.5 Å². The molecule has 41 heavy (non-hydrogen) atoms. The molecule has 6 rings (SSSR count). The molecule has 0 radical (unpaired) electrons. The summed E-state index contributed by atoms with van der Waals surface area (Å²) < 4.78 is 5.38. The van der Waals surface area contributed by atoms with Gasteiger partial charge in [-0.1, -0.05) is 48.0 Å². The number of carbonyl (C=O) groups is 4. The van der Waals surface area contributed by atoms with Crippen molar-refractivity contribution in [3.05, 3.63) is 102 Å². The number of rotatable bonds is 6. The van der Waals surface area contributed by atoms with Gasteiger partial charge in [0.05, 0.1) is 39.9 Å². The predicted molar refractivity (Wildman–Crippen MR) is 152 cm³/mol. The van der Waals surface area contributed by atoms with Crippen molar-refractivity contribution in [1.82, 2.24) is 4.98 Å². The van der Waals surface area contributed by atoms with Crippen LogP contribution in [0.3, 0.4) is 0 Å². The zero-order valence-electron chi connectivity index (χ0n) is 22.2. The van der Waals surface area contributed by atoms with Gasteiger partial charge in [-0.3, -0.25) is 19.3 Å². The van der Waals surface area contributed by atoms with Gasteiger partial charge in [0.15, 0.2) is 6.61 Å². The number of hydrogen-bond donors (Lipinski definition) is 1. The Morgan fingerprint density at radius 3 is 2.27 bits per heavy atom. The van der Waals surface area contributed by atoms with Gasteiger partial charge in [-0.15, -0.1) is 0 Å². The van der Waals surface area contributed by atoms with E-state index < -0.39 is 18.4 Å². The lowest BCUT2D eigenvalue weighted by Gasteiger charge is -2.15. The summed E-state index contributed by atoms with van der Waals surface area (Å²) in [6.45, 7) is 1.36. The number of para-hydroxylation sites is 1. The van der Waals surface area contributed by atoms with Gasteiger partial charge in [-0.05, 0) is 62.2 Å². The van der Waals surface area contributed by atoms with Crippen LogP contribution in [-0.4, -0.2) is 40.3 Å². The molecule has 2 atom stereocenters. The van der Waals surface area contributed by atoms with Gasteiger partial charge in [-0.25, -0.2) is 9.78 Å². The van der Waals surface area contributed by atoms with Crippen molar-refractivity contribution in [2.45, 2.75) is 19.8 Å². The highest BCUT2D eigenvalue weighted by Gasteiger charge is 2.47. The molecule has 0 bridgehead atoms. The number of Topliss-reactive ketones (excluding diaryl/α,β-unsaturated/α-hetero) is 1. The number of aryl methyl sites for hydroxylation is 1. The van der Waals surface area contributed by atoms with Crippen LogP contribution in [0.1, 0.15) is 39.1 Å². The van der Waals surface area contributed by atoms with Crippen LogP contribution in [0.5, 0.6) is 5.75 Å². The highest BCUT2D eigenvalue weighted by molar-refractivity contribution is 6.22. The molecule has 3 aromatic carbocycles. The molecule has 8 heteroatoms. The van der Waals surface area contributed by atoms with Gasteiger partial charge in [-0.2, -0.15) is 0 Å². The van der Waals surface area contributed by atoms with Gasteiger partial charge < -0.3 is 9.84 Å². The first-order valence-corrected chi connectivity index (χ1v) is 13.3. The van der Waals surface area contributed by atoms with Crippen LogP contribution >= 0.6 is 0 Å². The van der Waals surface area contributed by atoms with Gasteiger partial charge in [0, 0.05) is 10.9 Å². The van der Waals surface area contributed by atoms with Crippen LogP contribution < -0.4 is 4.90 Å². The molecular formula is C33H26N2O6. The number of esters is 1. The molecule has 1 aliphatic heterocycles. The maximum absolute atomic E-state index is 13.2. The molecule has 2 heterocycles. The number of aromatic hydroxyl groups is 1. The van der Waals surface area contributed by atoms with Gasteiger partial charge in [0.25, 0.3) is 0 Å². The van der Waals surface area contributed by atoms with E-state index in [4.69, 9.17) is 9.72 Å². The molecule has 0 spiro atoms. The van der Waals surface area contributed by atoms with Crippen LogP contribution in [0, 0.1) is 18.8 Å². The molecule has 2 aliphatic rings. The number of hydrogen-bond acceptors (Lipinski definition) is 7. The fraction of sp³-hybridized carbons (Fsp3) is 0.182. The van der Waals surface area contributed by atoms with Crippen molar-refractivity contribution < 1.29 is 29.0 Å². The zero-order chi connectivity index (χ0) is 28.7. The smallest absolute Gasteiger partial charge is 0.339 e. The number of fused-ring (bicyclic) bond motifs is 2. The molecule has 8 nitrogen and oxygen atoms in total. The van der Waals surface area contributed by atoms with E-state index in [0.717, 1.165) is 5.56 Å². The van der Waals surface area contributed by atoms with Crippen LogP contribution in [0.25, 0.3) is 22.2 Å². The average Bonchev–Trinajstić information content (AvgIpc) is 3.25. The summed E-state index contributed by atoms with van der Waals surface area (Å²) in [5, 5.41) is 10.5. The lowest BCUT2D eigenvalue weighted by molar-refractivity contribution is -0.122. The second kappa shape index (κ2) is 10.5. The average molecular weight is 547 g/mol. The monoisotopic (exact) mass is 546 g/mol. The maximum Gasteiger partial charge on any atom is 0.339 e. The van der Waals surface area contributed by atoms with E-state index in [1.807, 2.05) is 37.3 Å². The number of phenols is 1. The number of aromatic nitrogens is 1. The Hall–Kier alpha value is -5.11. The highest BCUT2D eigenvalue weighted by atomic mass is 16.5. The molecule has 1 N–H and O–H groups in total. The Morgan fingerprint density at radius 2 is 1.59 bits per heavy atom. The number of imide groups is 1. The number of amides is 2. The summed E-state index contributed by atoms with van der Waals surface area (Å²) >= 11 is 0. The Morgan fingerprint density at radius 1 is 0.902 bits per heavy atom. The van der Waals surface area contributed by atoms with Crippen LogP contribution in [0.4, 0.5) is 5.69 Å². The van der Waals surface area contributed by atoms with Crippen LogP contribution in [-0.2, 0) is 14.3 Å². The third-order valence-corrected chi connectivity index (χ3v) is 7.65. The van der Waals surface area contributed by atoms with Gasteiger partial charge >= 0.3 is 5.97 Å². The maximum atomic E-state index is 13.2. The molecule has 1 fully saturated rings. The molecule has 2 unspecified atom stereocenters. The third kappa shape index (κ3) is 4.78. The minimum absolute atomic E-state index is 0.0713. The summed E-state index contributed by atoms with van der Waals surface area (Å²) in [6, 6.07) is 20.1. The number of ether oxygens (including phenoxy) is 1. The van der Waals surface area contributed by atoms with Crippen molar-refractivity contribution in [2.24, 2.45) is 11.8 Å². The fourth-order valence-electron chi connectivity index (χ4n) is 5.49. The molecule has 4 aromatic rings. The first-order chi connectivity index (χ1) is 19.8. The highest BCUT2D eigenvalue weighted by Crippen LogP contribution is 2.38. The molecule has 204 valence electrons. The van der Waals surface area contributed by atoms with Gasteiger partial charge in [0.2, 0.25) is 17.6 Å². The van der Waals surface area contributed by atoms with Gasteiger partial charge in [0.1, 0.15) is 5.75 Å². The van der Waals surface area contributed by atoms with Crippen molar-refractivity contribution in [3.8, 4) is 17.0 Å². The molecular weight excluding hydrogens is 520 g/mol. The fourth-order valence-corrected chi connectivity index (χ4v) is 5.49. The Labute approximate surface area is 235 Å². The summed E-state index contributed by atoms with van der Waals surface area (Å²) in [4.78, 5) is 57.8. The Bertz CT molecular complexity index is 1730. The lowest BCUT2D eigenvalue weighted by Crippen LogP contribution is -2.30. The largest absolute Gasteiger partial charge is 0.507 e. The van der Waals surface area contributed by atoms with Crippen molar-refractivity contribution in [2.75, 3.05) is 11.5 Å². The number of benzene rings is 3. The van der Waals surface area contributed by atoms with E-state index in [2.05, 4.69) is 0 Å². The predicted octanol–water partition coefficient (Wildman–Crippen LogP) is 5.41. The van der Waals surface area contributed by atoms with E-state index in [1.165, 1.54) is 17.0 Å². The normalized spacial score (nSPS) is 18.0. The summed E-state index contributed by atoms with van der Waals surface area (Å²) in [6.07, 6.45) is 5.05. The SMILES string of the molecule is Cc1ccc2nc(-c3ccc(N4C(=O)C5CC=CCC5C4=O)cc3)cc(C(=O)OCC(=O)c3ccccc3O)c2c1. The van der Waals surface area contributed by atoms with Crippen molar-refractivity contribution >= 4 is 40.2 Å². The van der Waals surface area contributed by atoms with E-state index >= 15 is 0 Å². The van der Waals surface area contributed by atoms with E-state index in [0.29, 0.717) is 40.7 Å². The number of ketones is 1. The number of pyridine rings is 1. The standard InChI is InChI=1S/C33H26N2O6/c1-19-10-15-27-25(16-19)26(33(40)41-18-30(37)24-8-4-5-9-29(24)36)17-28(34-27)20-11-13-21(14-12-20)35-31(38)22-6-2-3-7-23(22)32(35)39/h2-5,8-17,22-23,36H,6-7,18H2,1H3. The number of nitrogens with zero attached hydrogens (tertiary/aromatic N) is 2. The minimum atomic E-state index is -0.700. The Balaban J connectivity index is 1.29. The number of carbonyl (C=O) groups excluding carboxylic acids is 4. The van der Waals surface area contributed by atoms with Crippen molar-refractivity contribution in [1.29, 1.82) is 0 Å². The molecule has 1 aliphatic carbocycles. The van der Waals surface area contributed by atoms with Crippen LogP contribution in [0.15, 0.2) is 84.9 Å². The number of phenolic OH excluding ortho intramolecular Hbond substituents is 1. The van der Waals surface area contributed by atoms with E-state index in [9.17, 15) is 24.3 Å². The number of anilines is 1. The third-order valence-electron chi connectivity index (χ3n) is 7.65. The summed E-state index contributed by atoms with van der Waals surface area (Å²) in [5.74, 6) is -2.40. The lowest BCUT2D eigenvalue weighted by atomic mass is 9.85. The molecule has 0 saturated carbocycles. The first kappa shape index (κ1) is 26.1. The first-order valence-electron chi connectivity index (χ1n) is 13.3. The topological polar surface area (TPSA) is 114 Å². The molecule has 2 amide bonds. The summed E-state index contributed by atoms with van der Waals surface area (Å²) in [7, 11) is 0. The number of allylic oxidation sites excluding steroid dienone is 2. The van der Waals surface area contributed by atoms with E-state index in [1.54, 1.807) is 42.5 Å². The van der Waals surface area contributed by atoms with Crippen molar-refractivity contribution in [3.63, 3.8) is 0 Å². The second-order valence-electron chi connectivity index (χ2n) is 10.3. The molecule has 1 saturated heterocycles.